The Morgan fingerprint density at radius 2 is 2.24 bits per heavy atom. The molecule has 2 unspecified atom stereocenters. The van der Waals surface area contributed by atoms with Gasteiger partial charge in [-0.1, -0.05) is 20.3 Å². The third kappa shape index (κ3) is 3.08. The van der Waals surface area contributed by atoms with Gasteiger partial charge < -0.3 is 10.6 Å². The first kappa shape index (κ1) is 12.1. The Bertz CT molecular complexity index is 378. The highest BCUT2D eigenvalue weighted by molar-refractivity contribution is 5.48. The molecule has 0 saturated heterocycles. The predicted molar refractivity (Wildman–Crippen MR) is 71.4 cm³/mol. The summed E-state index contributed by atoms with van der Waals surface area (Å²) >= 11 is 0. The van der Waals surface area contributed by atoms with Gasteiger partial charge in [0.25, 0.3) is 0 Å². The number of nitrogens with one attached hydrogen (secondary N) is 2. The summed E-state index contributed by atoms with van der Waals surface area (Å²) in [5.74, 6) is 2.55. The van der Waals surface area contributed by atoms with E-state index in [0.717, 1.165) is 36.2 Å². The average Bonchev–Trinajstić information content (AvgIpc) is 3.08. The molecular weight excluding hydrogens is 212 g/mol. The number of hydrogen-bond donors (Lipinski definition) is 2. The molecule has 1 saturated carbocycles. The van der Waals surface area contributed by atoms with E-state index in [-0.39, 0.29) is 0 Å². The molecule has 1 aliphatic rings. The first-order chi connectivity index (χ1) is 8.24. The monoisotopic (exact) mass is 234 g/mol. The first-order valence-corrected chi connectivity index (χ1v) is 6.58. The summed E-state index contributed by atoms with van der Waals surface area (Å²) in [6.45, 7) is 7.35. The highest BCUT2D eigenvalue weighted by Crippen LogP contribution is 2.36. The van der Waals surface area contributed by atoms with Crippen LogP contribution in [0.15, 0.2) is 6.20 Å². The molecule has 1 aliphatic carbocycles. The summed E-state index contributed by atoms with van der Waals surface area (Å²) in [6, 6.07) is 0.618. The van der Waals surface area contributed by atoms with Crippen LogP contribution in [-0.2, 0) is 0 Å². The van der Waals surface area contributed by atoms with Crippen LogP contribution in [0.3, 0.4) is 0 Å². The smallest absolute Gasteiger partial charge is 0.224 e. The molecule has 1 aromatic rings. The molecule has 17 heavy (non-hydrogen) atoms. The molecule has 0 aliphatic heterocycles. The van der Waals surface area contributed by atoms with E-state index in [9.17, 15) is 0 Å². The van der Waals surface area contributed by atoms with Gasteiger partial charge in [-0.25, -0.2) is 4.98 Å². The third-order valence-electron chi connectivity index (χ3n) is 3.27. The van der Waals surface area contributed by atoms with Crippen LogP contribution >= 0.6 is 0 Å². The molecule has 0 radical (unpaired) electrons. The fourth-order valence-corrected chi connectivity index (χ4v) is 1.96. The molecule has 2 atom stereocenters. The van der Waals surface area contributed by atoms with Gasteiger partial charge in [0.15, 0.2) is 0 Å². The summed E-state index contributed by atoms with van der Waals surface area (Å²) in [6.07, 6.45) is 5.50. The zero-order valence-corrected chi connectivity index (χ0v) is 11.0. The Hall–Kier alpha value is -1.32. The number of rotatable bonds is 6. The molecule has 94 valence electrons. The lowest BCUT2D eigenvalue weighted by Crippen LogP contribution is -2.11. The third-order valence-corrected chi connectivity index (χ3v) is 3.27. The molecule has 0 amide bonds. The van der Waals surface area contributed by atoms with E-state index in [1.807, 2.05) is 6.20 Å². The highest BCUT2D eigenvalue weighted by Gasteiger charge is 2.35. The maximum absolute atomic E-state index is 4.53. The van der Waals surface area contributed by atoms with Crippen LogP contribution < -0.4 is 10.6 Å². The van der Waals surface area contributed by atoms with E-state index in [1.54, 1.807) is 0 Å². The van der Waals surface area contributed by atoms with Crippen molar-refractivity contribution in [2.24, 2.45) is 5.92 Å². The van der Waals surface area contributed by atoms with Crippen LogP contribution in [0.5, 0.6) is 0 Å². The lowest BCUT2D eigenvalue weighted by atomic mass is 10.3. The van der Waals surface area contributed by atoms with Crippen molar-refractivity contribution in [1.82, 2.24) is 9.97 Å². The predicted octanol–water partition coefficient (Wildman–Crippen LogP) is 2.82. The van der Waals surface area contributed by atoms with E-state index in [1.165, 1.54) is 12.8 Å². The van der Waals surface area contributed by atoms with E-state index in [2.05, 4.69) is 41.4 Å². The van der Waals surface area contributed by atoms with E-state index >= 15 is 0 Å². The van der Waals surface area contributed by atoms with E-state index < -0.39 is 0 Å². The topological polar surface area (TPSA) is 49.8 Å². The van der Waals surface area contributed by atoms with Crippen molar-refractivity contribution in [3.05, 3.63) is 11.8 Å². The Balaban J connectivity index is 1.99. The van der Waals surface area contributed by atoms with Crippen LogP contribution in [0, 0.1) is 12.8 Å². The van der Waals surface area contributed by atoms with Crippen LogP contribution in [0.4, 0.5) is 11.8 Å². The molecule has 2 N–H and O–H groups in total. The van der Waals surface area contributed by atoms with Crippen LogP contribution in [-0.4, -0.2) is 22.6 Å². The number of aryl methyl sites for hydroxylation is 1. The molecule has 4 nitrogen and oxygen atoms in total. The minimum Gasteiger partial charge on any atom is -0.367 e. The fourth-order valence-electron chi connectivity index (χ4n) is 1.96. The van der Waals surface area contributed by atoms with E-state index in [4.69, 9.17) is 0 Å². The van der Waals surface area contributed by atoms with Gasteiger partial charge in [-0.15, -0.1) is 0 Å². The minimum absolute atomic E-state index is 0.618. The second kappa shape index (κ2) is 5.34. The Kier molecular flexibility index (Phi) is 3.82. The molecule has 1 fully saturated rings. The van der Waals surface area contributed by atoms with E-state index in [0.29, 0.717) is 6.04 Å². The van der Waals surface area contributed by atoms with Gasteiger partial charge in [-0.05, 0) is 25.7 Å². The van der Waals surface area contributed by atoms with Crippen LogP contribution in [0.1, 0.15) is 38.7 Å². The summed E-state index contributed by atoms with van der Waals surface area (Å²) in [5.41, 5.74) is 1.12. The maximum atomic E-state index is 4.53. The molecule has 1 heterocycles. The van der Waals surface area contributed by atoms with Gasteiger partial charge in [0, 0.05) is 24.3 Å². The Labute approximate surface area is 103 Å². The van der Waals surface area contributed by atoms with Gasteiger partial charge in [-0.3, -0.25) is 0 Å². The fraction of sp³-hybridized carbons (Fsp3) is 0.692. The molecule has 1 aromatic heterocycles. The maximum Gasteiger partial charge on any atom is 0.224 e. The zero-order valence-electron chi connectivity index (χ0n) is 11.0. The molecular formula is C13H22N4. The molecule has 0 spiro atoms. The van der Waals surface area contributed by atoms with Crippen molar-refractivity contribution in [2.75, 3.05) is 17.2 Å². The standard InChI is InChI=1S/C13H22N4/c1-4-6-14-13-15-8-9(3)12(17-13)16-11-7-10(11)5-2/h8,10-11H,4-7H2,1-3H3,(H2,14,15,16,17). The van der Waals surface area contributed by atoms with Gasteiger partial charge in [0.1, 0.15) is 5.82 Å². The Morgan fingerprint density at radius 3 is 2.88 bits per heavy atom. The summed E-state index contributed by atoms with van der Waals surface area (Å²) in [4.78, 5) is 8.81. The van der Waals surface area contributed by atoms with Crippen molar-refractivity contribution in [2.45, 2.75) is 46.1 Å². The second-order valence-electron chi connectivity index (χ2n) is 4.81. The lowest BCUT2D eigenvalue weighted by molar-refractivity contribution is 0.772. The van der Waals surface area contributed by atoms with Crippen molar-refractivity contribution >= 4 is 11.8 Å². The number of aromatic nitrogens is 2. The number of anilines is 2. The van der Waals surface area contributed by atoms with Crippen molar-refractivity contribution in [1.29, 1.82) is 0 Å². The first-order valence-electron chi connectivity index (χ1n) is 6.58. The minimum atomic E-state index is 0.618. The zero-order chi connectivity index (χ0) is 12.3. The Morgan fingerprint density at radius 1 is 1.41 bits per heavy atom. The van der Waals surface area contributed by atoms with Crippen LogP contribution in [0.2, 0.25) is 0 Å². The van der Waals surface area contributed by atoms with Crippen molar-refractivity contribution in [3.8, 4) is 0 Å². The van der Waals surface area contributed by atoms with Gasteiger partial charge in [0.2, 0.25) is 5.95 Å². The summed E-state index contributed by atoms with van der Waals surface area (Å²) in [7, 11) is 0. The van der Waals surface area contributed by atoms with Gasteiger partial charge in [-0.2, -0.15) is 4.98 Å². The normalized spacial score (nSPS) is 22.3. The van der Waals surface area contributed by atoms with Gasteiger partial charge in [0.05, 0.1) is 0 Å². The summed E-state index contributed by atoms with van der Waals surface area (Å²) < 4.78 is 0. The number of hydrogen-bond acceptors (Lipinski definition) is 4. The molecule has 4 heteroatoms. The quantitative estimate of drug-likeness (QED) is 0.794. The van der Waals surface area contributed by atoms with Crippen molar-refractivity contribution < 1.29 is 0 Å². The van der Waals surface area contributed by atoms with Crippen LogP contribution in [0.25, 0.3) is 0 Å². The average molecular weight is 234 g/mol. The molecule has 0 bridgehead atoms. The largest absolute Gasteiger partial charge is 0.367 e. The number of nitrogens with zero attached hydrogens (tertiary/aromatic N) is 2. The van der Waals surface area contributed by atoms with Gasteiger partial charge >= 0.3 is 0 Å². The second-order valence-corrected chi connectivity index (χ2v) is 4.81. The van der Waals surface area contributed by atoms with Crippen molar-refractivity contribution in [3.63, 3.8) is 0 Å². The molecule has 2 rings (SSSR count). The summed E-state index contributed by atoms with van der Waals surface area (Å²) in [5, 5.41) is 6.73. The highest BCUT2D eigenvalue weighted by atomic mass is 15.2. The lowest BCUT2D eigenvalue weighted by Gasteiger charge is -2.10. The SMILES string of the molecule is CCCNc1ncc(C)c(NC2CC2CC)n1. The molecule has 0 aromatic carbocycles.